The second-order valence-electron chi connectivity index (χ2n) is 4.56. The van der Waals surface area contributed by atoms with Crippen molar-refractivity contribution in [1.29, 1.82) is 0 Å². The zero-order valence-corrected chi connectivity index (χ0v) is 9.93. The fourth-order valence-corrected chi connectivity index (χ4v) is 2.19. The number of aliphatic hydroxyl groups is 2. The maximum Gasteiger partial charge on any atom is 0.0842 e. The van der Waals surface area contributed by atoms with E-state index < -0.39 is 12.2 Å². The van der Waals surface area contributed by atoms with Gasteiger partial charge in [-0.25, -0.2) is 0 Å². The van der Waals surface area contributed by atoms with E-state index in [4.69, 9.17) is 6.42 Å². The molecule has 2 N–H and O–H groups in total. The Kier molecular flexibility index (Phi) is 3.37. The number of hydrogen-bond acceptors (Lipinski definition) is 3. The summed E-state index contributed by atoms with van der Waals surface area (Å²) >= 11 is 0. The molecule has 0 saturated carbocycles. The fourth-order valence-electron chi connectivity index (χ4n) is 2.19. The standard InChI is InChI=1S/C14H17NO2/c1-3-6-15(2)12-5-4-10-8-13(16)14(17)9-11(10)7-12/h1,4-5,7,13-14,16-17H,6,8-9H2,2H3. The fraction of sp³-hybridized carbons (Fsp3) is 0.429. The van der Waals surface area contributed by atoms with Gasteiger partial charge in [0.25, 0.3) is 0 Å². The first-order valence-corrected chi connectivity index (χ1v) is 5.74. The Bertz CT molecular complexity index is 450. The van der Waals surface area contributed by atoms with E-state index in [9.17, 15) is 10.2 Å². The minimum absolute atomic E-state index is 0.508. The topological polar surface area (TPSA) is 43.7 Å². The molecule has 0 spiro atoms. The molecule has 2 atom stereocenters. The summed E-state index contributed by atoms with van der Waals surface area (Å²) in [6, 6.07) is 6.05. The van der Waals surface area contributed by atoms with Gasteiger partial charge in [0.2, 0.25) is 0 Å². The zero-order valence-electron chi connectivity index (χ0n) is 9.93. The Morgan fingerprint density at radius 1 is 1.29 bits per heavy atom. The molecule has 1 aliphatic rings. The number of aliphatic hydroxyl groups excluding tert-OH is 2. The molecule has 1 aromatic rings. The molecule has 0 aliphatic heterocycles. The number of benzene rings is 1. The molecule has 3 heteroatoms. The zero-order chi connectivity index (χ0) is 12.4. The highest BCUT2D eigenvalue weighted by Gasteiger charge is 2.25. The van der Waals surface area contributed by atoms with Crippen LogP contribution in [0, 0.1) is 12.3 Å². The van der Waals surface area contributed by atoms with Crippen LogP contribution < -0.4 is 4.90 Å². The second-order valence-corrected chi connectivity index (χ2v) is 4.56. The van der Waals surface area contributed by atoms with Crippen molar-refractivity contribution in [2.45, 2.75) is 25.0 Å². The number of nitrogens with zero attached hydrogens (tertiary/aromatic N) is 1. The molecule has 0 saturated heterocycles. The van der Waals surface area contributed by atoms with Crippen LogP contribution in [0.4, 0.5) is 5.69 Å². The van der Waals surface area contributed by atoms with Crippen LogP contribution in [0.3, 0.4) is 0 Å². The molecule has 3 nitrogen and oxygen atoms in total. The van der Waals surface area contributed by atoms with Gasteiger partial charge in [0.15, 0.2) is 0 Å². The summed E-state index contributed by atoms with van der Waals surface area (Å²) in [7, 11) is 1.94. The average Bonchev–Trinajstić information content (AvgIpc) is 2.30. The molecule has 90 valence electrons. The van der Waals surface area contributed by atoms with E-state index in [0.29, 0.717) is 19.4 Å². The van der Waals surface area contributed by atoms with E-state index in [1.807, 2.05) is 30.1 Å². The van der Waals surface area contributed by atoms with Crippen LogP contribution in [-0.2, 0) is 12.8 Å². The predicted octanol–water partition coefficient (Wildman–Crippen LogP) is 0.576. The molecular weight excluding hydrogens is 214 g/mol. The summed E-state index contributed by atoms with van der Waals surface area (Å²) in [5, 5.41) is 19.3. The van der Waals surface area contributed by atoms with Crippen molar-refractivity contribution in [3.63, 3.8) is 0 Å². The van der Waals surface area contributed by atoms with Gasteiger partial charge in [-0.05, 0) is 23.3 Å². The van der Waals surface area contributed by atoms with Gasteiger partial charge in [-0.15, -0.1) is 6.42 Å². The molecule has 0 radical (unpaired) electrons. The van der Waals surface area contributed by atoms with Crippen LogP contribution in [-0.4, -0.2) is 36.0 Å². The van der Waals surface area contributed by atoms with E-state index in [0.717, 1.165) is 16.8 Å². The molecule has 0 aromatic heterocycles. The molecule has 1 aliphatic carbocycles. The van der Waals surface area contributed by atoms with Gasteiger partial charge in [-0.1, -0.05) is 12.0 Å². The number of anilines is 1. The summed E-state index contributed by atoms with van der Waals surface area (Å²) in [5.74, 6) is 2.60. The van der Waals surface area contributed by atoms with Crippen molar-refractivity contribution in [3.8, 4) is 12.3 Å². The SMILES string of the molecule is C#CCN(C)c1ccc2c(c1)CC(O)C(O)C2. The van der Waals surface area contributed by atoms with Gasteiger partial charge in [0.05, 0.1) is 18.8 Å². The van der Waals surface area contributed by atoms with Crippen LogP contribution in [0.2, 0.25) is 0 Å². The van der Waals surface area contributed by atoms with Gasteiger partial charge >= 0.3 is 0 Å². The van der Waals surface area contributed by atoms with E-state index in [-0.39, 0.29) is 0 Å². The van der Waals surface area contributed by atoms with Gasteiger partial charge in [0, 0.05) is 25.6 Å². The van der Waals surface area contributed by atoms with E-state index >= 15 is 0 Å². The number of rotatable bonds is 2. The first-order valence-electron chi connectivity index (χ1n) is 5.74. The molecule has 2 unspecified atom stereocenters. The van der Waals surface area contributed by atoms with E-state index in [2.05, 4.69) is 5.92 Å². The molecular formula is C14H17NO2. The Balaban J connectivity index is 2.26. The molecule has 1 aromatic carbocycles. The lowest BCUT2D eigenvalue weighted by Crippen LogP contribution is -2.34. The number of terminal acetylenes is 1. The van der Waals surface area contributed by atoms with Crippen LogP contribution in [0.15, 0.2) is 18.2 Å². The van der Waals surface area contributed by atoms with Crippen LogP contribution >= 0.6 is 0 Å². The Hall–Kier alpha value is -1.50. The van der Waals surface area contributed by atoms with E-state index in [1.165, 1.54) is 0 Å². The van der Waals surface area contributed by atoms with Crippen LogP contribution in [0.1, 0.15) is 11.1 Å². The highest BCUT2D eigenvalue weighted by Crippen LogP contribution is 2.26. The molecule has 0 heterocycles. The van der Waals surface area contributed by atoms with Crippen molar-refractivity contribution < 1.29 is 10.2 Å². The normalized spacial score (nSPS) is 22.7. The molecule has 17 heavy (non-hydrogen) atoms. The van der Waals surface area contributed by atoms with Crippen molar-refractivity contribution in [3.05, 3.63) is 29.3 Å². The third kappa shape index (κ3) is 2.44. The lowest BCUT2D eigenvalue weighted by molar-refractivity contribution is 0.0142. The summed E-state index contributed by atoms with van der Waals surface area (Å²) in [5.41, 5.74) is 3.26. The van der Waals surface area contributed by atoms with Gasteiger partial charge < -0.3 is 15.1 Å². The minimum Gasteiger partial charge on any atom is -0.390 e. The quantitative estimate of drug-likeness (QED) is 0.732. The predicted molar refractivity (Wildman–Crippen MR) is 68.0 cm³/mol. The third-order valence-electron chi connectivity index (χ3n) is 3.26. The maximum absolute atomic E-state index is 9.66. The van der Waals surface area contributed by atoms with E-state index in [1.54, 1.807) is 0 Å². The molecule has 0 bridgehead atoms. The largest absolute Gasteiger partial charge is 0.390 e. The lowest BCUT2D eigenvalue weighted by Gasteiger charge is -2.27. The number of hydrogen-bond donors (Lipinski definition) is 2. The molecule has 0 amide bonds. The van der Waals surface area contributed by atoms with Gasteiger partial charge in [-0.2, -0.15) is 0 Å². The highest BCUT2D eigenvalue weighted by molar-refractivity contribution is 5.52. The van der Waals surface area contributed by atoms with Crippen LogP contribution in [0.25, 0.3) is 0 Å². The third-order valence-corrected chi connectivity index (χ3v) is 3.26. The van der Waals surface area contributed by atoms with Gasteiger partial charge in [0.1, 0.15) is 0 Å². The number of fused-ring (bicyclic) bond motifs is 1. The van der Waals surface area contributed by atoms with Gasteiger partial charge in [-0.3, -0.25) is 0 Å². The Morgan fingerprint density at radius 3 is 2.59 bits per heavy atom. The van der Waals surface area contributed by atoms with Crippen molar-refractivity contribution >= 4 is 5.69 Å². The smallest absolute Gasteiger partial charge is 0.0842 e. The van der Waals surface area contributed by atoms with Crippen molar-refractivity contribution in [2.24, 2.45) is 0 Å². The first-order chi connectivity index (χ1) is 8.11. The van der Waals surface area contributed by atoms with Crippen LogP contribution in [0.5, 0.6) is 0 Å². The molecule has 2 rings (SSSR count). The molecule has 0 fully saturated rings. The Morgan fingerprint density at radius 2 is 1.94 bits per heavy atom. The lowest BCUT2D eigenvalue weighted by atomic mass is 9.87. The monoisotopic (exact) mass is 231 g/mol. The summed E-state index contributed by atoms with van der Waals surface area (Å²) in [4.78, 5) is 1.98. The Labute approximate surface area is 102 Å². The second kappa shape index (κ2) is 4.79. The first kappa shape index (κ1) is 12.0. The summed E-state index contributed by atoms with van der Waals surface area (Å²) < 4.78 is 0. The summed E-state index contributed by atoms with van der Waals surface area (Å²) in [6.45, 7) is 0.559. The average molecular weight is 231 g/mol. The van der Waals surface area contributed by atoms with Crippen molar-refractivity contribution in [1.82, 2.24) is 0 Å². The minimum atomic E-state index is -0.657. The van der Waals surface area contributed by atoms with Crippen molar-refractivity contribution in [2.75, 3.05) is 18.5 Å². The highest BCUT2D eigenvalue weighted by atomic mass is 16.3. The summed E-state index contributed by atoms with van der Waals surface area (Å²) in [6.07, 6.45) is 5.01. The maximum atomic E-state index is 9.66.